The van der Waals surface area contributed by atoms with Crippen LogP contribution in [0.5, 0.6) is 0 Å². The first-order valence-electron chi connectivity index (χ1n) is 5.68. The highest BCUT2D eigenvalue weighted by molar-refractivity contribution is 7.92. The van der Waals surface area contributed by atoms with E-state index in [0.29, 0.717) is 5.82 Å². The van der Waals surface area contributed by atoms with E-state index in [0.717, 1.165) is 0 Å². The van der Waals surface area contributed by atoms with Crippen LogP contribution < -0.4 is 10.5 Å². The fourth-order valence-corrected chi connectivity index (χ4v) is 2.73. The predicted molar refractivity (Wildman–Crippen MR) is 72.1 cm³/mol. The lowest BCUT2D eigenvalue weighted by atomic mass is 10.4. The van der Waals surface area contributed by atoms with Gasteiger partial charge in [0.2, 0.25) is 0 Å². The smallest absolute Gasteiger partial charge is 0.282 e. The van der Waals surface area contributed by atoms with Crippen LogP contribution in [0.15, 0.2) is 35.6 Å². The van der Waals surface area contributed by atoms with Gasteiger partial charge in [-0.2, -0.15) is 13.5 Å². The Morgan fingerprint density at radius 1 is 1.32 bits per heavy atom. The summed E-state index contributed by atoms with van der Waals surface area (Å²) in [5.74, 6) is 0.375. The fourth-order valence-electron chi connectivity index (χ4n) is 1.62. The number of hydrogen-bond acceptors (Lipinski definition) is 5. The van der Waals surface area contributed by atoms with E-state index < -0.39 is 10.0 Å². The standard InChI is InChI=1S/C11H15N5O2S/c1-8(2)16-10(5-7-14-16)15-19(17,18)11-9(12)4-3-6-13-11/h3-8,15H,12H2,1-2H3. The lowest BCUT2D eigenvalue weighted by Crippen LogP contribution is -2.19. The van der Waals surface area contributed by atoms with Crippen molar-refractivity contribution in [2.75, 3.05) is 10.5 Å². The van der Waals surface area contributed by atoms with Crippen molar-refractivity contribution in [1.82, 2.24) is 14.8 Å². The van der Waals surface area contributed by atoms with Crippen LogP contribution >= 0.6 is 0 Å². The van der Waals surface area contributed by atoms with Crippen LogP contribution in [0.1, 0.15) is 19.9 Å². The molecule has 2 heterocycles. The van der Waals surface area contributed by atoms with Crippen LogP contribution in [0.3, 0.4) is 0 Å². The SMILES string of the molecule is CC(C)n1nccc1NS(=O)(=O)c1ncccc1N. The van der Waals surface area contributed by atoms with Gasteiger partial charge in [0.05, 0.1) is 11.9 Å². The number of rotatable bonds is 4. The third-order valence-electron chi connectivity index (χ3n) is 2.45. The minimum atomic E-state index is -3.82. The molecular formula is C11H15N5O2S. The molecule has 3 N–H and O–H groups in total. The molecule has 8 heteroatoms. The molecule has 0 aliphatic rings. The van der Waals surface area contributed by atoms with Crippen molar-refractivity contribution in [3.8, 4) is 0 Å². The lowest BCUT2D eigenvalue weighted by Gasteiger charge is -2.13. The number of nitrogen functional groups attached to an aromatic ring is 1. The number of hydrogen-bond donors (Lipinski definition) is 2. The third kappa shape index (κ3) is 2.68. The highest BCUT2D eigenvalue weighted by atomic mass is 32.2. The average molecular weight is 281 g/mol. The second-order valence-corrected chi connectivity index (χ2v) is 5.86. The molecule has 0 amide bonds. The Bertz CT molecular complexity index is 678. The molecule has 0 aliphatic heterocycles. The van der Waals surface area contributed by atoms with Crippen molar-refractivity contribution in [2.45, 2.75) is 24.9 Å². The summed E-state index contributed by atoms with van der Waals surface area (Å²) < 4.78 is 28.4. The molecule has 0 fully saturated rings. The van der Waals surface area contributed by atoms with Crippen molar-refractivity contribution < 1.29 is 8.42 Å². The quantitative estimate of drug-likeness (QED) is 0.877. The van der Waals surface area contributed by atoms with Gasteiger partial charge in [-0.25, -0.2) is 9.67 Å². The molecule has 2 aromatic heterocycles. The number of nitrogens with zero attached hydrogens (tertiary/aromatic N) is 3. The molecular weight excluding hydrogens is 266 g/mol. The van der Waals surface area contributed by atoms with E-state index >= 15 is 0 Å². The normalized spacial score (nSPS) is 11.7. The lowest BCUT2D eigenvalue weighted by molar-refractivity contribution is 0.539. The van der Waals surface area contributed by atoms with Crippen molar-refractivity contribution in [3.63, 3.8) is 0 Å². The minimum absolute atomic E-state index is 0.0359. The molecule has 19 heavy (non-hydrogen) atoms. The summed E-state index contributed by atoms with van der Waals surface area (Å²) in [4.78, 5) is 3.80. The largest absolute Gasteiger partial charge is 0.396 e. The molecule has 7 nitrogen and oxygen atoms in total. The van der Waals surface area contributed by atoms with Crippen molar-refractivity contribution in [3.05, 3.63) is 30.6 Å². The maximum Gasteiger partial charge on any atom is 0.282 e. The Kier molecular flexibility index (Phi) is 3.43. The number of nitrogens with one attached hydrogen (secondary N) is 1. The van der Waals surface area contributed by atoms with E-state index in [2.05, 4.69) is 14.8 Å². The van der Waals surface area contributed by atoms with E-state index in [-0.39, 0.29) is 16.8 Å². The van der Waals surface area contributed by atoms with E-state index in [4.69, 9.17) is 5.73 Å². The Morgan fingerprint density at radius 3 is 2.68 bits per heavy atom. The van der Waals surface area contributed by atoms with Gasteiger partial charge in [0.25, 0.3) is 10.0 Å². The molecule has 0 saturated heterocycles. The van der Waals surface area contributed by atoms with Crippen LogP contribution in [-0.4, -0.2) is 23.2 Å². The van der Waals surface area contributed by atoms with Gasteiger partial charge in [-0.3, -0.25) is 4.72 Å². The van der Waals surface area contributed by atoms with Gasteiger partial charge < -0.3 is 5.73 Å². The Labute approximate surface area is 111 Å². The molecule has 0 aromatic carbocycles. The number of sulfonamides is 1. The van der Waals surface area contributed by atoms with E-state index in [1.54, 1.807) is 16.8 Å². The second kappa shape index (κ2) is 4.88. The molecule has 0 unspecified atom stereocenters. The molecule has 0 bridgehead atoms. The fraction of sp³-hybridized carbons (Fsp3) is 0.273. The highest BCUT2D eigenvalue weighted by Gasteiger charge is 2.21. The van der Waals surface area contributed by atoms with Gasteiger partial charge >= 0.3 is 0 Å². The first-order chi connectivity index (χ1) is 8.92. The second-order valence-electron chi connectivity index (χ2n) is 4.26. The van der Waals surface area contributed by atoms with E-state index in [1.165, 1.54) is 18.5 Å². The monoisotopic (exact) mass is 281 g/mol. The molecule has 0 radical (unpaired) electrons. The zero-order chi connectivity index (χ0) is 14.0. The predicted octanol–water partition coefficient (Wildman–Crippen LogP) is 1.24. The first kappa shape index (κ1) is 13.3. The number of aromatic nitrogens is 3. The summed E-state index contributed by atoms with van der Waals surface area (Å²) in [5.41, 5.74) is 5.73. The third-order valence-corrected chi connectivity index (χ3v) is 3.78. The van der Waals surface area contributed by atoms with Crippen LogP contribution in [0, 0.1) is 0 Å². The molecule has 2 aromatic rings. The van der Waals surface area contributed by atoms with Crippen LogP contribution in [0.2, 0.25) is 0 Å². The highest BCUT2D eigenvalue weighted by Crippen LogP contribution is 2.20. The van der Waals surface area contributed by atoms with E-state index in [1.807, 2.05) is 13.8 Å². The van der Waals surface area contributed by atoms with Crippen LogP contribution in [0.25, 0.3) is 0 Å². The van der Waals surface area contributed by atoms with Gasteiger partial charge in [-0.1, -0.05) is 0 Å². The summed E-state index contributed by atoms with van der Waals surface area (Å²) in [6.07, 6.45) is 2.91. The van der Waals surface area contributed by atoms with Gasteiger partial charge in [0, 0.05) is 18.3 Å². The summed E-state index contributed by atoms with van der Waals surface area (Å²) in [5, 5.41) is 3.87. The van der Waals surface area contributed by atoms with Gasteiger partial charge in [-0.15, -0.1) is 0 Å². The van der Waals surface area contributed by atoms with Crippen molar-refractivity contribution in [1.29, 1.82) is 0 Å². The Hall–Kier alpha value is -2.09. The number of anilines is 2. The number of nitrogens with two attached hydrogens (primary N) is 1. The maximum atomic E-state index is 12.2. The summed E-state index contributed by atoms with van der Waals surface area (Å²) in [6.45, 7) is 3.81. The molecule has 0 aliphatic carbocycles. The molecule has 0 spiro atoms. The summed E-state index contributed by atoms with van der Waals surface area (Å²) in [6, 6.07) is 4.68. The van der Waals surface area contributed by atoms with Gasteiger partial charge in [-0.05, 0) is 26.0 Å². The van der Waals surface area contributed by atoms with Crippen molar-refractivity contribution >= 4 is 21.5 Å². The zero-order valence-electron chi connectivity index (χ0n) is 10.6. The van der Waals surface area contributed by atoms with Crippen molar-refractivity contribution in [2.24, 2.45) is 0 Å². The van der Waals surface area contributed by atoms with Gasteiger partial charge in [0.1, 0.15) is 5.82 Å². The summed E-state index contributed by atoms with van der Waals surface area (Å²) >= 11 is 0. The zero-order valence-corrected chi connectivity index (χ0v) is 11.4. The van der Waals surface area contributed by atoms with E-state index in [9.17, 15) is 8.42 Å². The Balaban J connectivity index is 2.37. The molecule has 2 rings (SSSR count). The maximum absolute atomic E-state index is 12.2. The van der Waals surface area contributed by atoms with Gasteiger partial charge in [0.15, 0.2) is 5.03 Å². The Morgan fingerprint density at radius 2 is 2.05 bits per heavy atom. The van der Waals surface area contributed by atoms with Crippen LogP contribution in [0.4, 0.5) is 11.5 Å². The first-order valence-corrected chi connectivity index (χ1v) is 7.17. The topological polar surface area (TPSA) is 103 Å². The molecule has 0 atom stereocenters. The molecule has 0 saturated carbocycles. The summed E-state index contributed by atoms with van der Waals surface area (Å²) in [7, 11) is -3.82. The molecule has 102 valence electrons. The minimum Gasteiger partial charge on any atom is -0.396 e. The number of pyridine rings is 1. The average Bonchev–Trinajstić information content (AvgIpc) is 2.76. The van der Waals surface area contributed by atoms with Crippen LogP contribution in [-0.2, 0) is 10.0 Å².